The van der Waals surface area contributed by atoms with E-state index in [2.05, 4.69) is 19.1 Å². The van der Waals surface area contributed by atoms with Gasteiger partial charge >= 0.3 is 0 Å². The lowest BCUT2D eigenvalue weighted by molar-refractivity contribution is 0.309. The van der Waals surface area contributed by atoms with Crippen LogP contribution in [-0.2, 0) is 0 Å². The summed E-state index contributed by atoms with van der Waals surface area (Å²) in [5, 5.41) is 8.76. The summed E-state index contributed by atoms with van der Waals surface area (Å²) in [4.78, 5) is 0. The molecule has 0 aliphatic carbocycles. The van der Waals surface area contributed by atoms with Crippen LogP contribution in [0.1, 0.15) is 36.5 Å². The molecule has 0 bridgehead atoms. The topological polar surface area (TPSA) is 33.0 Å². The van der Waals surface area contributed by atoms with Gasteiger partial charge in [0.25, 0.3) is 0 Å². The first-order valence-corrected chi connectivity index (χ1v) is 7.89. The van der Waals surface area contributed by atoms with Gasteiger partial charge in [0.2, 0.25) is 0 Å². The molecule has 0 unspecified atom stereocenters. The standard InChI is InChI=1S/C21H21NO/c1-2-3-16-23-21-14-12-19(13-15-21)7-5-4-6-18-8-10-20(17-22)11-9-18/h4-15H,2-3,16H2,1H3. The number of hydrogen-bond donors (Lipinski definition) is 0. The Hall–Kier alpha value is -2.79. The van der Waals surface area contributed by atoms with E-state index in [4.69, 9.17) is 10.00 Å². The highest BCUT2D eigenvalue weighted by Gasteiger charge is 1.93. The molecule has 2 nitrogen and oxygen atoms in total. The molecule has 2 aromatic carbocycles. The lowest BCUT2D eigenvalue weighted by Crippen LogP contribution is -1.95. The van der Waals surface area contributed by atoms with Gasteiger partial charge < -0.3 is 4.74 Å². The minimum atomic E-state index is 0.680. The Balaban J connectivity index is 1.87. The summed E-state index contributed by atoms with van der Waals surface area (Å²) >= 11 is 0. The van der Waals surface area contributed by atoms with Gasteiger partial charge in [0, 0.05) is 0 Å². The van der Waals surface area contributed by atoms with E-state index < -0.39 is 0 Å². The van der Waals surface area contributed by atoms with E-state index in [-0.39, 0.29) is 0 Å². The van der Waals surface area contributed by atoms with E-state index in [9.17, 15) is 0 Å². The second-order valence-corrected chi connectivity index (χ2v) is 5.22. The van der Waals surface area contributed by atoms with Gasteiger partial charge in [-0.05, 0) is 41.8 Å². The normalized spacial score (nSPS) is 11.0. The van der Waals surface area contributed by atoms with Crippen LogP contribution in [0.2, 0.25) is 0 Å². The van der Waals surface area contributed by atoms with Crippen molar-refractivity contribution >= 4 is 12.2 Å². The summed E-state index contributed by atoms with van der Waals surface area (Å²) in [5.74, 6) is 0.920. The fraction of sp³-hybridized carbons (Fsp3) is 0.190. The first-order chi connectivity index (χ1) is 11.3. The van der Waals surface area contributed by atoms with Crippen LogP contribution >= 0.6 is 0 Å². The molecule has 0 spiro atoms. The molecular weight excluding hydrogens is 282 g/mol. The molecule has 2 rings (SSSR count). The van der Waals surface area contributed by atoms with Gasteiger partial charge in [-0.2, -0.15) is 5.26 Å². The molecule has 0 heterocycles. The number of allylic oxidation sites excluding steroid dienone is 2. The van der Waals surface area contributed by atoms with E-state index >= 15 is 0 Å². The van der Waals surface area contributed by atoms with Crippen LogP contribution in [0.3, 0.4) is 0 Å². The number of benzene rings is 2. The Kier molecular flexibility index (Phi) is 6.68. The largest absolute Gasteiger partial charge is 0.494 e. The maximum atomic E-state index is 8.76. The van der Waals surface area contributed by atoms with Crippen molar-refractivity contribution in [3.63, 3.8) is 0 Å². The lowest BCUT2D eigenvalue weighted by atomic mass is 10.1. The fourth-order valence-corrected chi connectivity index (χ4v) is 2.01. The van der Waals surface area contributed by atoms with Gasteiger partial charge in [-0.15, -0.1) is 0 Å². The van der Waals surface area contributed by atoms with Crippen LogP contribution < -0.4 is 4.74 Å². The molecule has 0 aromatic heterocycles. The summed E-state index contributed by atoms with van der Waals surface area (Å²) in [5.41, 5.74) is 2.89. The van der Waals surface area contributed by atoms with E-state index in [0.29, 0.717) is 5.56 Å². The average Bonchev–Trinajstić information content (AvgIpc) is 2.61. The van der Waals surface area contributed by atoms with Crippen molar-refractivity contribution in [3.8, 4) is 11.8 Å². The van der Waals surface area contributed by atoms with E-state index in [1.54, 1.807) is 0 Å². The number of rotatable bonds is 7. The van der Waals surface area contributed by atoms with Crippen molar-refractivity contribution in [1.82, 2.24) is 0 Å². The summed E-state index contributed by atoms with van der Waals surface area (Å²) in [6.45, 7) is 2.93. The molecule has 0 fully saturated rings. The van der Waals surface area contributed by atoms with Gasteiger partial charge in [0.05, 0.1) is 18.2 Å². The average molecular weight is 303 g/mol. The summed E-state index contributed by atoms with van der Waals surface area (Å²) in [6, 6.07) is 17.7. The van der Waals surface area contributed by atoms with Gasteiger partial charge in [-0.3, -0.25) is 0 Å². The maximum Gasteiger partial charge on any atom is 0.119 e. The highest BCUT2D eigenvalue weighted by atomic mass is 16.5. The Morgan fingerprint density at radius 3 is 2.00 bits per heavy atom. The molecule has 0 radical (unpaired) electrons. The fourth-order valence-electron chi connectivity index (χ4n) is 2.01. The van der Waals surface area contributed by atoms with E-state index in [1.807, 2.05) is 66.8 Å². The summed E-state index contributed by atoms with van der Waals surface area (Å²) < 4.78 is 5.64. The third kappa shape index (κ3) is 5.84. The molecule has 0 aliphatic heterocycles. The Morgan fingerprint density at radius 2 is 1.48 bits per heavy atom. The van der Waals surface area contributed by atoms with E-state index in [0.717, 1.165) is 36.3 Å². The Bertz CT molecular complexity index is 688. The van der Waals surface area contributed by atoms with Crippen LogP contribution in [-0.4, -0.2) is 6.61 Å². The molecule has 2 heteroatoms. The second kappa shape index (κ2) is 9.27. The first-order valence-electron chi connectivity index (χ1n) is 7.89. The number of unbranched alkanes of at least 4 members (excludes halogenated alkanes) is 1. The first kappa shape index (κ1) is 16.6. The Morgan fingerprint density at radius 1 is 0.913 bits per heavy atom. The van der Waals surface area contributed by atoms with Crippen LogP contribution in [0, 0.1) is 11.3 Å². The zero-order valence-electron chi connectivity index (χ0n) is 13.4. The SMILES string of the molecule is CCCCOc1ccc(C=CC=Cc2ccc(C#N)cc2)cc1. The number of ether oxygens (including phenoxy) is 1. The monoisotopic (exact) mass is 303 g/mol. The van der Waals surface area contributed by atoms with Gasteiger partial charge in [0.1, 0.15) is 5.75 Å². The number of nitrogens with zero attached hydrogens (tertiary/aromatic N) is 1. The third-order valence-electron chi connectivity index (χ3n) is 3.37. The van der Waals surface area contributed by atoms with Gasteiger partial charge in [0.15, 0.2) is 0 Å². The minimum Gasteiger partial charge on any atom is -0.494 e. The van der Waals surface area contributed by atoms with Crippen LogP contribution in [0.5, 0.6) is 5.75 Å². The Labute approximate surface area is 138 Å². The third-order valence-corrected chi connectivity index (χ3v) is 3.37. The quantitative estimate of drug-likeness (QED) is 0.502. The molecule has 0 saturated heterocycles. The molecule has 0 atom stereocenters. The number of hydrogen-bond acceptors (Lipinski definition) is 2. The van der Waals surface area contributed by atoms with Crippen LogP contribution in [0.15, 0.2) is 60.7 Å². The number of nitriles is 1. The van der Waals surface area contributed by atoms with Crippen molar-refractivity contribution in [2.24, 2.45) is 0 Å². The van der Waals surface area contributed by atoms with Crippen LogP contribution in [0.4, 0.5) is 0 Å². The van der Waals surface area contributed by atoms with Crippen molar-refractivity contribution < 1.29 is 4.74 Å². The highest BCUT2D eigenvalue weighted by molar-refractivity contribution is 5.58. The van der Waals surface area contributed by atoms with Crippen molar-refractivity contribution in [2.45, 2.75) is 19.8 Å². The molecule has 0 saturated carbocycles. The van der Waals surface area contributed by atoms with Gasteiger partial charge in [-0.25, -0.2) is 0 Å². The summed E-state index contributed by atoms with van der Waals surface area (Å²) in [7, 11) is 0. The van der Waals surface area contributed by atoms with Crippen molar-refractivity contribution in [1.29, 1.82) is 5.26 Å². The molecule has 23 heavy (non-hydrogen) atoms. The van der Waals surface area contributed by atoms with Crippen molar-refractivity contribution in [3.05, 3.63) is 77.4 Å². The molecule has 0 N–H and O–H groups in total. The molecule has 0 amide bonds. The molecule has 116 valence electrons. The lowest BCUT2D eigenvalue weighted by Gasteiger charge is -2.04. The molecular formula is C21H21NO. The van der Waals surface area contributed by atoms with E-state index in [1.165, 1.54) is 0 Å². The molecule has 0 aliphatic rings. The smallest absolute Gasteiger partial charge is 0.119 e. The molecule has 2 aromatic rings. The van der Waals surface area contributed by atoms with Crippen LogP contribution in [0.25, 0.3) is 12.2 Å². The van der Waals surface area contributed by atoms with Crippen molar-refractivity contribution in [2.75, 3.05) is 6.61 Å². The zero-order chi connectivity index (χ0) is 16.3. The predicted molar refractivity (Wildman–Crippen MR) is 96.1 cm³/mol. The highest BCUT2D eigenvalue weighted by Crippen LogP contribution is 2.14. The predicted octanol–water partition coefficient (Wildman–Crippen LogP) is 5.46. The van der Waals surface area contributed by atoms with Gasteiger partial charge in [-0.1, -0.05) is 61.9 Å². The summed E-state index contributed by atoms with van der Waals surface area (Å²) in [6.07, 6.45) is 10.3. The minimum absolute atomic E-state index is 0.680. The zero-order valence-corrected chi connectivity index (χ0v) is 13.4. The second-order valence-electron chi connectivity index (χ2n) is 5.22. The maximum absolute atomic E-state index is 8.76.